The standard InChI is InChI=1S/C27H29N3O4/c1-18-8-13-23(25(31)28-18)30-16-22-21(27(30)33)6-5-7-24(22)34-17-19-9-11-20(12-10-19)26(32)29-14-3-2-4-15-29/h5-7,9-12,23H,1-4,8,13-17H2,(H,28,31). The minimum Gasteiger partial charge on any atom is -0.489 e. The normalized spacial score (nSPS) is 20.2. The fourth-order valence-corrected chi connectivity index (χ4v) is 4.96. The molecule has 2 saturated heterocycles. The largest absolute Gasteiger partial charge is 0.489 e. The quantitative estimate of drug-likeness (QED) is 0.741. The average molecular weight is 460 g/mol. The van der Waals surface area contributed by atoms with E-state index in [4.69, 9.17) is 4.74 Å². The van der Waals surface area contributed by atoms with Crippen LogP contribution in [0.5, 0.6) is 5.75 Å². The second kappa shape index (κ2) is 9.33. The Hall–Kier alpha value is -3.61. The lowest BCUT2D eigenvalue weighted by Crippen LogP contribution is -2.49. The molecule has 0 radical (unpaired) electrons. The van der Waals surface area contributed by atoms with Crippen molar-refractivity contribution in [1.82, 2.24) is 15.1 Å². The number of carbonyl (C=O) groups excluding carboxylic acids is 3. The Balaban J connectivity index is 1.25. The molecule has 2 aromatic rings. The van der Waals surface area contributed by atoms with Gasteiger partial charge in [0.1, 0.15) is 18.4 Å². The van der Waals surface area contributed by atoms with Gasteiger partial charge >= 0.3 is 0 Å². The number of nitrogens with zero attached hydrogens (tertiary/aromatic N) is 2. The molecule has 3 aliphatic rings. The third-order valence-corrected chi connectivity index (χ3v) is 6.89. The molecular formula is C27H29N3O4. The molecule has 3 amide bonds. The van der Waals surface area contributed by atoms with Gasteiger partial charge in [-0.1, -0.05) is 24.8 Å². The molecule has 0 saturated carbocycles. The SMILES string of the molecule is C=C1CCC(N2Cc3c(OCc4ccc(C(=O)N5CCCCC5)cc4)cccc3C2=O)C(=O)N1. The van der Waals surface area contributed by atoms with Gasteiger partial charge in [-0.3, -0.25) is 14.4 Å². The van der Waals surface area contributed by atoms with Crippen LogP contribution in [0.15, 0.2) is 54.7 Å². The van der Waals surface area contributed by atoms with Crippen molar-refractivity contribution in [3.63, 3.8) is 0 Å². The summed E-state index contributed by atoms with van der Waals surface area (Å²) in [6, 6.07) is 12.5. The molecule has 1 atom stereocenters. The maximum atomic E-state index is 13.0. The number of benzene rings is 2. The minimum absolute atomic E-state index is 0.0852. The van der Waals surface area contributed by atoms with Crippen molar-refractivity contribution >= 4 is 17.7 Å². The molecule has 7 nitrogen and oxygen atoms in total. The van der Waals surface area contributed by atoms with E-state index in [0.717, 1.165) is 37.1 Å². The number of amides is 3. The van der Waals surface area contributed by atoms with Gasteiger partial charge in [0.2, 0.25) is 5.91 Å². The van der Waals surface area contributed by atoms with Gasteiger partial charge in [-0.2, -0.15) is 0 Å². The number of rotatable bonds is 5. The van der Waals surface area contributed by atoms with Gasteiger partial charge in [-0.15, -0.1) is 0 Å². The number of fused-ring (bicyclic) bond motifs is 1. The monoisotopic (exact) mass is 459 g/mol. The predicted molar refractivity (Wildman–Crippen MR) is 127 cm³/mol. The first-order valence-corrected chi connectivity index (χ1v) is 11.9. The van der Waals surface area contributed by atoms with Crippen molar-refractivity contribution in [2.75, 3.05) is 13.1 Å². The molecule has 3 heterocycles. The zero-order valence-electron chi connectivity index (χ0n) is 19.2. The van der Waals surface area contributed by atoms with Crippen molar-refractivity contribution in [3.8, 4) is 5.75 Å². The number of hydrogen-bond donors (Lipinski definition) is 1. The van der Waals surface area contributed by atoms with E-state index >= 15 is 0 Å². The topological polar surface area (TPSA) is 79.0 Å². The Morgan fingerprint density at radius 2 is 1.82 bits per heavy atom. The zero-order chi connectivity index (χ0) is 23.7. The molecule has 2 aromatic carbocycles. The van der Waals surface area contributed by atoms with Crippen LogP contribution in [-0.4, -0.2) is 46.7 Å². The van der Waals surface area contributed by atoms with Crippen molar-refractivity contribution in [2.24, 2.45) is 0 Å². The van der Waals surface area contributed by atoms with E-state index in [1.54, 1.807) is 17.0 Å². The van der Waals surface area contributed by atoms with Crippen molar-refractivity contribution in [1.29, 1.82) is 0 Å². The third kappa shape index (κ3) is 4.30. The first-order valence-electron chi connectivity index (χ1n) is 11.9. The number of likely N-dealkylation sites (tertiary alicyclic amines) is 1. The fourth-order valence-electron chi connectivity index (χ4n) is 4.96. The van der Waals surface area contributed by atoms with Crippen LogP contribution < -0.4 is 10.1 Å². The Kier molecular flexibility index (Phi) is 6.09. The first-order chi connectivity index (χ1) is 16.5. The van der Waals surface area contributed by atoms with Crippen molar-refractivity contribution in [2.45, 2.75) is 51.3 Å². The summed E-state index contributed by atoms with van der Waals surface area (Å²) in [5.74, 6) is 0.400. The molecule has 0 bridgehead atoms. The van der Waals surface area contributed by atoms with E-state index in [1.165, 1.54) is 6.42 Å². The van der Waals surface area contributed by atoms with Crippen LogP contribution >= 0.6 is 0 Å². The van der Waals surface area contributed by atoms with Gasteiger partial charge < -0.3 is 19.9 Å². The summed E-state index contributed by atoms with van der Waals surface area (Å²) in [5.41, 5.74) is 3.72. The number of piperidine rings is 2. The van der Waals surface area contributed by atoms with Gasteiger partial charge in [0.15, 0.2) is 0 Å². The van der Waals surface area contributed by atoms with Crippen molar-refractivity contribution in [3.05, 3.63) is 77.0 Å². The molecule has 3 aliphatic heterocycles. The van der Waals surface area contributed by atoms with Gasteiger partial charge in [0.05, 0.1) is 6.54 Å². The van der Waals surface area contributed by atoms with E-state index in [1.807, 2.05) is 35.2 Å². The smallest absolute Gasteiger partial charge is 0.255 e. The summed E-state index contributed by atoms with van der Waals surface area (Å²) >= 11 is 0. The summed E-state index contributed by atoms with van der Waals surface area (Å²) in [5, 5.41) is 2.76. The van der Waals surface area contributed by atoms with Crippen LogP contribution in [0, 0.1) is 0 Å². The second-order valence-electron chi connectivity index (χ2n) is 9.20. The molecular weight excluding hydrogens is 430 g/mol. The highest BCUT2D eigenvalue weighted by molar-refractivity contribution is 6.02. The average Bonchev–Trinajstić information content (AvgIpc) is 3.20. The van der Waals surface area contributed by atoms with E-state index in [9.17, 15) is 14.4 Å². The molecule has 2 fully saturated rings. The number of carbonyl (C=O) groups is 3. The number of allylic oxidation sites excluding steroid dienone is 1. The lowest BCUT2D eigenvalue weighted by molar-refractivity contribution is -0.126. The molecule has 176 valence electrons. The maximum absolute atomic E-state index is 13.0. The second-order valence-corrected chi connectivity index (χ2v) is 9.20. The summed E-state index contributed by atoms with van der Waals surface area (Å²) in [4.78, 5) is 41.7. The lowest BCUT2D eigenvalue weighted by Gasteiger charge is -2.31. The van der Waals surface area contributed by atoms with E-state index in [0.29, 0.717) is 48.6 Å². The van der Waals surface area contributed by atoms with E-state index in [2.05, 4.69) is 11.9 Å². The Morgan fingerprint density at radius 1 is 1.06 bits per heavy atom. The highest BCUT2D eigenvalue weighted by Gasteiger charge is 2.39. The van der Waals surface area contributed by atoms with Crippen molar-refractivity contribution < 1.29 is 19.1 Å². The molecule has 1 unspecified atom stereocenters. The molecule has 7 heteroatoms. The van der Waals surface area contributed by atoms with Crippen LogP contribution in [0.3, 0.4) is 0 Å². The number of nitrogens with one attached hydrogen (secondary N) is 1. The van der Waals surface area contributed by atoms with Gasteiger partial charge in [0.25, 0.3) is 11.8 Å². The van der Waals surface area contributed by atoms with Crippen LogP contribution in [0.1, 0.15) is 63.9 Å². The highest BCUT2D eigenvalue weighted by Crippen LogP contribution is 2.34. The van der Waals surface area contributed by atoms with Crippen LogP contribution in [0.4, 0.5) is 0 Å². The van der Waals surface area contributed by atoms with Gasteiger partial charge in [0, 0.05) is 35.5 Å². The maximum Gasteiger partial charge on any atom is 0.255 e. The Morgan fingerprint density at radius 3 is 2.56 bits per heavy atom. The molecule has 34 heavy (non-hydrogen) atoms. The zero-order valence-corrected chi connectivity index (χ0v) is 19.2. The molecule has 1 N–H and O–H groups in total. The predicted octanol–water partition coefficient (Wildman–Crippen LogP) is 3.64. The summed E-state index contributed by atoms with van der Waals surface area (Å²) in [7, 11) is 0. The molecule has 5 rings (SSSR count). The molecule has 0 aliphatic carbocycles. The van der Waals surface area contributed by atoms with E-state index in [-0.39, 0.29) is 17.7 Å². The van der Waals surface area contributed by atoms with Gasteiger partial charge in [-0.05, 0) is 61.9 Å². The lowest BCUT2D eigenvalue weighted by atomic mass is 10.0. The summed E-state index contributed by atoms with van der Waals surface area (Å²) in [6.07, 6.45) is 4.56. The first kappa shape index (κ1) is 22.2. The van der Waals surface area contributed by atoms with Gasteiger partial charge in [-0.25, -0.2) is 0 Å². The number of hydrogen-bond acceptors (Lipinski definition) is 4. The van der Waals surface area contributed by atoms with E-state index < -0.39 is 6.04 Å². The molecule has 0 spiro atoms. The minimum atomic E-state index is -0.497. The van der Waals surface area contributed by atoms with Crippen LogP contribution in [0.2, 0.25) is 0 Å². The Labute approximate surface area is 199 Å². The Bertz CT molecular complexity index is 1140. The highest BCUT2D eigenvalue weighted by atomic mass is 16.5. The number of ether oxygens (including phenoxy) is 1. The fraction of sp³-hybridized carbons (Fsp3) is 0.370. The molecule has 0 aromatic heterocycles. The summed E-state index contributed by atoms with van der Waals surface area (Å²) in [6.45, 7) is 6.14. The van der Waals surface area contributed by atoms with Crippen LogP contribution in [0.25, 0.3) is 0 Å². The third-order valence-electron chi connectivity index (χ3n) is 6.89. The van der Waals surface area contributed by atoms with Crippen LogP contribution in [-0.2, 0) is 17.9 Å². The summed E-state index contributed by atoms with van der Waals surface area (Å²) < 4.78 is 6.09.